The molecule has 1 amide bonds. The fourth-order valence-electron chi connectivity index (χ4n) is 2.16. The van der Waals surface area contributed by atoms with Gasteiger partial charge in [-0.3, -0.25) is 9.59 Å². The van der Waals surface area contributed by atoms with Crippen molar-refractivity contribution in [2.45, 2.75) is 0 Å². The van der Waals surface area contributed by atoms with Gasteiger partial charge in [0.05, 0.1) is 0 Å². The topological polar surface area (TPSA) is 74.8 Å². The van der Waals surface area contributed by atoms with E-state index in [1.165, 1.54) is 6.08 Å². The zero-order valence-electron chi connectivity index (χ0n) is 12.8. The molecule has 0 saturated heterocycles. The summed E-state index contributed by atoms with van der Waals surface area (Å²) in [5.74, 6) is 0.227. The zero-order chi connectivity index (χ0) is 16.8. The molecular weight excluding hydrogens is 302 g/mol. The minimum atomic E-state index is -0.216. The summed E-state index contributed by atoms with van der Waals surface area (Å²) in [7, 11) is 0. The van der Waals surface area contributed by atoms with Gasteiger partial charge in [0.2, 0.25) is 0 Å². The molecule has 2 aromatic carbocycles. The van der Waals surface area contributed by atoms with Gasteiger partial charge in [-0.15, -0.1) is 0 Å². The number of hydrogen-bond acceptors (Lipinski definition) is 3. The number of amides is 1. The van der Waals surface area contributed by atoms with E-state index in [1.807, 2.05) is 6.07 Å². The fourth-order valence-corrected chi connectivity index (χ4v) is 2.16. The molecule has 2 N–H and O–H groups in total. The first-order valence-corrected chi connectivity index (χ1v) is 7.40. The molecular formula is C19H15N3O2. The van der Waals surface area contributed by atoms with Crippen molar-refractivity contribution in [1.29, 1.82) is 0 Å². The maximum absolute atomic E-state index is 12.2. The van der Waals surface area contributed by atoms with E-state index in [2.05, 4.69) is 15.3 Å². The summed E-state index contributed by atoms with van der Waals surface area (Å²) in [6, 6.07) is 15.7. The van der Waals surface area contributed by atoms with Crippen molar-refractivity contribution in [3.63, 3.8) is 0 Å². The van der Waals surface area contributed by atoms with E-state index in [9.17, 15) is 9.59 Å². The van der Waals surface area contributed by atoms with Crippen LogP contribution < -0.4 is 5.32 Å². The lowest BCUT2D eigenvalue weighted by atomic mass is 10.1. The Morgan fingerprint density at radius 3 is 2.54 bits per heavy atom. The zero-order valence-corrected chi connectivity index (χ0v) is 12.8. The molecule has 0 radical (unpaired) electrons. The summed E-state index contributed by atoms with van der Waals surface area (Å²) >= 11 is 0. The van der Waals surface area contributed by atoms with Crippen molar-refractivity contribution in [2.24, 2.45) is 0 Å². The minimum absolute atomic E-state index is 0.165. The summed E-state index contributed by atoms with van der Waals surface area (Å²) in [6.07, 6.45) is 6.35. The third-order valence-corrected chi connectivity index (χ3v) is 3.35. The third-order valence-electron chi connectivity index (χ3n) is 3.35. The van der Waals surface area contributed by atoms with Gasteiger partial charge in [-0.2, -0.15) is 0 Å². The summed E-state index contributed by atoms with van der Waals surface area (Å²) in [5, 5.41) is 2.79. The lowest BCUT2D eigenvalue weighted by Gasteiger charge is -2.06. The summed E-state index contributed by atoms with van der Waals surface area (Å²) < 4.78 is 0. The highest BCUT2D eigenvalue weighted by atomic mass is 16.1. The molecule has 0 saturated carbocycles. The Bertz CT molecular complexity index is 869. The first-order chi connectivity index (χ1) is 11.7. The van der Waals surface area contributed by atoms with E-state index >= 15 is 0 Å². The van der Waals surface area contributed by atoms with Gasteiger partial charge in [-0.1, -0.05) is 30.3 Å². The van der Waals surface area contributed by atoms with Crippen molar-refractivity contribution in [2.75, 3.05) is 5.32 Å². The summed E-state index contributed by atoms with van der Waals surface area (Å²) in [4.78, 5) is 31.3. The number of imidazole rings is 1. The van der Waals surface area contributed by atoms with Crippen LogP contribution in [0.1, 0.15) is 26.5 Å². The largest absolute Gasteiger partial charge is 0.345 e. The monoisotopic (exact) mass is 317 g/mol. The smallest absolute Gasteiger partial charge is 0.255 e. The van der Waals surface area contributed by atoms with E-state index < -0.39 is 0 Å². The average molecular weight is 317 g/mol. The number of nitrogens with one attached hydrogen (secondary N) is 2. The Morgan fingerprint density at radius 1 is 1.00 bits per heavy atom. The van der Waals surface area contributed by atoms with Gasteiger partial charge in [0.15, 0.2) is 5.78 Å². The number of nitrogens with zero attached hydrogens (tertiary/aromatic N) is 1. The van der Waals surface area contributed by atoms with Crippen LogP contribution in [-0.2, 0) is 0 Å². The first kappa shape index (κ1) is 15.4. The van der Waals surface area contributed by atoms with Crippen LogP contribution in [0.2, 0.25) is 0 Å². The lowest BCUT2D eigenvalue weighted by molar-refractivity contribution is 0.102. The number of allylic oxidation sites excluding steroid dienone is 1. The van der Waals surface area contributed by atoms with Crippen LogP contribution in [0.4, 0.5) is 5.69 Å². The Labute approximate surface area is 139 Å². The molecule has 118 valence electrons. The van der Waals surface area contributed by atoms with Gasteiger partial charge in [-0.25, -0.2) is 4.98 Å². The molecule has 0 unspecified atom stereocenters. The van der Waals surface area contributed by atoms with Crippen LogP contribution >= 0.6 is 0 Å². The molecule has 0 aliphatic heterocycles. The second kappa shape index (κ2) is 7.19. The third kappa shape index (κ3) is 3.84. The van der Waals surface area contributed by atoms with E-state index in [0.29, 0.717) is 22.6 Å². The molecule has 3 rings (SSSR count). The Kier molecular flexibility index (Phi) is 4.62. The predicted molar refractivity (Wildman–Crippen MR) is 92.8 cm³/mol. The van der Waals surface area contributed by atoms with Crippen molar-refractivity contribution in [3.8, 4) is 0 Å². The van der Waals surface area contributed by atoms with Crippen LogP contribution in [0.5, 0.6) is 0 Å². The van der Waals surface area contributed by atoms with Crippen LogP contribution in [0.3, 0.4) is 0 Å². The normalized spacial score (nSPS) is 10.7. The predicted octanol–water partition coefficient (Wildman–Crippen LogP) is 3.56. The molecule has 0 aliphatic rings. The number of H-pyrrole nitrogens is 1. The Balaban J connectivity index is 1.72. The van der Waals surface area contributed by atoms with Crippen molar-refractivity contribution < 1.29 is 9.59 Å². The number of rotatable bonds is 5. The van der Waals surface area contributed by atoms with Gasteiger partial charge < -0.3 is 10.3 Å². The fraction of sp³-hybridized carbons (Fsp3) is 0. The molecule has 0 spiro atoms. The lowest BCUT2D eigenvalue weighted by Crippen LogP contribution is -2.12. The Morgan fingerprint density at radius 2 is 1.79 bits per heavy atom. The number of carbonyl (C=O) groups excluding carboxylic acids is 2. The average Bonchev–Trinajstić information content (AvgIpc) is 3.14. The highest BCUT2D eigenvalue weighted by Gasteiger charge is 2.07. The molecule has 5 nitrogen and oxygen atoms in total. The number of aromatic amines is 1. The SMILES string of the molecule is O=C(/C=C/c1ncc[nH]1)c1cccc(NC(=O)c2ccccc2)c1. The molecule has 0 atom stereocenters. The minimum Gasteiger partial charge on any atom is -0.345 e. The number of anilines is 1. The highest BCUT2D eigenvalue weighted by Crippen LogP contribution is 2.13. The number of benzene rings is 2. The van der Waals surface area contributed by atoms with E-state index in [4.69, 9.17) is 0 Å². The second-order valence-corrected chi connectivity index (χ2v) is 5.07. The van der Waals surface area contributed by atoms with Gasteiger partial charge in [0.25, 0.3) is 5.91 Å². The highest BCUT2D eigenvalue weighted by molar-refractivity contribution is 6.08. The van der Waals surface area contributed by atoms with Crippen LogP contribution in [-0.4, -0.2) is 21.7 Å². The molecule has 0 fully saturated rings. The summed E-state index contributed by atoms with van der Waals surface area (Å²) in [6.45, 7) is 0. The van der Waals surface area contributed by atoms with Gasteiger partial charge in [-0.05, 0) is 36.4 Å². The number of aromatic nitrogens is 2. The Hall–Kier alpha value is -3.47. The number of ketones is 1. The van der Waals surface area contributed by atoms with Crippen molar-refractivity contribution >= 4 is 23.5 Å². The van der Waals surface area contributed by atoms with Crippen LogP contribution in [0.25, 0.3) is 6.08 Å². The van der Waals surface area contributed by atoms with Crippen molar-refractivity contribution in [3.05, 3.63) is 90.0 Å². The van der Waals surface area contributed by atoms with Gasteiger partial charge in [0.1, 0.15) is 5.82 Å². The maximum Gasteiger partial charge on any atom is 0.255 e. The van der Waals surface area contributed by atoms with Crippen LogP contribution in [0.15, 0.2) is 73.1 Å². The van der Waals surface area contributed by atoms with Gasteiger partial charge in [0, 0.05) is 29.2 Å². The first-order valence-electron chi connectivity index (χ1n) is 7.40. The maximum atomic E-state index is 12.2. The quantitative estimate of drug-likeness (QED) is 0.558. The summed E-state index contributed by atoms with van der Waals surface area (Å²) in [5.41, 5.74) is 1.62. The number of hydrogen-bond donors (Lipinski definition) is 2. The van der Waals surface area contributed by atoms with Crippen molar-refractivity contribution in [1.82, 2.24) is 9.97 Å². The molecule has 5 heteroatoms. The molecule has 0 aliphatic carbocycles. The number of carbonyl (C=O) groups is 2. The molecule has 0 bridgehead atoms. The van der Waals surface area contributed by atoms with E-state index in [-0.39, 0.29) is 11.7 Å². The van der Waals surface area contributed by atoms with E-state index in [1.54, 1.807) is 67.0 Å². The standard InChI is InChI=1S/C19H15N3O2/c23-17(9-10-18-20-11-12-21-18)15-7-4-8-16(13-15)22-19(24)14-5-2-1-3-6-14/h1-13H,(H,20,21)(H,22,24)/b10-9+. The molecule has 24 heavy (non-hydrogen) atoms. The second-order valence-electron chi connectivity index (χ2n) is 5.07. The molecule has 1 aromatic heterocycles. The van der Waals surface area contributed by atoms with Gasteiger partial charge >= 0.3 is 0 Å². The van der Waals surface area contributed by atoms with Crippen LogP contribution in [0, 0.1) is 0 Å². The molecule has 1 heterocycles. The molecule has 3 aromatic rings. The van der Waals surface area contributed by atoms with E-state index in [0.717, 1.165) is 0 Å².